The molecule has 1 aromatic carbocycles. The summed E-state index contributed by atoms with van der Waals surface area (Å²) < 4.78 is 40.6. The van der Waals surface area contributed by atoms with Crippen LogP contribution in [-0.4, -0.2) is 57.3 Å². The molecule has 1 saturated heterocycles. The van der Waals surface area contributed by atoms with E-state index in [4.69, 9.17) is 0 Å². The normalized spacial score (nSPS) is 17.4. The van der Waals surface area contributed by atoms with E-state index in [1.807, 2.05) is 31.6 Å². The van der Waals surface area contributed by atoms with Crippen LogP contribution in [0.2, 0.25) is 0 Å². The third-order valence-electron chi connectivity index (χ3n) is 5.24. The lowest BCUT2D eigenvalue weighted by Gasteiger charge is -2.31. The number of hydrogen-bond donors (Lipinski definition) is 1. The maximum Gasteiger partial charge on any atom is 0.245 e. The first-order chi connectivity index (χ1) is 13.8. The number of nitrogens with zero attached hydrogens (tertiary/aromatic N) is 2. The molecule has 2 heterocycles. The monoisotopic (exact) mass is 439 g/mol. The number of likely N-dealkylation sites (N-methyl/N-ethyl adjacent to an activating group) is 1. The Balaban J connectivity index is 1.56. The van der Waals surface area contributed by atoms with Gasteiger partial charge < -0.3 is 10.2 Å². The zero-order chi connectivity index (χ0) is 21.0. The Kier molecular flexibility index (Phi) is 7.05. The number of piperidine rings is 1. The van der Waals surface area contributed by atoms with E-state index in [9.17, 15) is 17.6 Å². The van der Waals surface area contributed by atoms with E-state index in [-0.39, 0.29) is 35.9 Å². The highest BCUT2D eigenvalue weighted by Crippen LogP contribution is 2.26. The van der Waals surface area contributed by atoms with E-state index >= 15 is 0 Å². The minimum atomic E-state index is -3.89. The highest BCUT2D eigenvalue weighted by atomic mass is 32.2. The zero-order valence-electron chi connectivity index (χ0n) is 16.5. The number of sulfonamides is 1. The SMILES string of the molecule is CN(C)[C@@H](CNC(=O)C1CCN(S(=O)(=O)c2ccccc2F)CC1)c1cccs1. The summed E-state index contributed by atoms with van der Waals surface area (Å²) in [4.78, 5) is 15.6. The van der Waals surface area contributed by atoms with Gasteiger partial charge in [0, 0.05) is 30.4 Å². The minimum Gasteiger partial charge on any atom is -0.354 e. The first-order valence-corrected chi connectivity index (χ1v) is 11.8. The lowest BCUT2D eigenvalue weighted by Crippen LogP contribution is -2.44. The van der Waals surface area contributed by atoms with Crippen LogP contribution in [0.5, 0.6) is 0 Å². The third-order valence-corrected chi connectivity index (χ3v) is 8.15. The summed E-state index contributed by atoms with van der Waals surface area (Å²) >= 11 is 1.65. The molecule has 6 nitrogen and oxygen atoms in total. The smallest absolute Gasteiger partial charge is 0.245 e. The summed E-state index contributed by atoms with van der Waals surface area (Å²) in [6.45, 7) is 0.910. The van der Waals surface area contributed by atoms with Crippen LogP contribution in [0.4, 0.5) is 4.39 Å². The molecule has 1 aliphatic rings. The predicted octanol–water partition coefficient (Wildman–Crippen LogP) is 2.71. The molecule has 2 aromatic rings. The standard InChI is InChI=1S/C20H26FN3O3S2/c1-23(2)17(18-7-5-13-28-18)14-22-20(25)15-9-11-24(12-10-15)29(26,27)19-8-4-3-6-16(19)21/h3-8,13,15,17H,9-12,14H2,1-2H3,(H,22,25)/t17-/m0/s1. The Hall–Kier alpha value is -1.81. The van der Waals surface area contributed by atoms with Gasteiger partial charge in [-0.3, -0.25) is 4.79 Å². The molecule has 0 unspecified atom stereocenters. The van der Waals surface area contributed by atoms with Crippen LogP contribution in [0.3, 0.4) is 0 Å². The van der Waals surface area contributed by atoms with Gasteiger partial charge in [-0.25, -0.2) is 12.8 Å². The van der Waals surface area contributed by atoms with Crippen molar-refractivity contribution < 1.29 is 17.6 Å². The fourth-order valence-electron chi connectivity index (χ4n) is 3.51. The Bertz CT molecular complexity index is 924. The van der Waals surface area contributed by atoms with Gasteiger partial charge in [0.25, 0.3) is 0 Å². The van der Waals surface area contributed by atoms with E-state index in [1.165, 1.54) is 27.4 Å². The quantitative estimate of drug-likeness (QED) is 0.720. The number of carbonyl (C=O) groups excluding carboxylic acids is 1. The van der Waals surface area contributed by atoms with Gasteiger partial charge in [-0.15, -0.1) is 11.3 Å². The van der Waals surface area contributed by atoms with E-state index < -0.39 is 15.8 Å². The molecular formula is C20H26FN3O3S2. The van der Waals surface area contributed by atoms with Crippen LogP contribution in [0.1, 0.15) is 23.8 Å². The molecule has 1 fully saturated rings. The number of nitrogens with one attached hydrogen (secondary N) is 1. The summed E-state index contributed by atoms with van der Waals surface area (Å²) in [5.41, 5.74) is 0. The molecule has 1 aromatic heterocycles. The van der Waals surface area contributed by atoms with Gasteiger partial charge in [-0.2, -0.15) is 4.31 Å². The largest absolute Gasteiger partial charge is 0.354 e. The molecule has 0 saturated carbocycles. The second-order valence-electron chi connectivity index (χ2n) is 7.35. The minimum absolute atomic E-state index is 0.0589. The molecular weight excluding hydrogens is 413 g/mol. The van der Waals surface area contributed by atoms with Gasteiger partial charge in [-0.05, 0) is 50.5 Å². The van der Waals surface area contributed by atoms with Crippen molar-refractivity contribution in [3.8, 4) is 0 Å². The molecule has 0 aliphatic carbocycles. The van der Waals surface area contributed by atoms with Crippen LogP contribution in [0.25, 0.3) is 0 Å². The second kappa shape index (κ2) is 9.34. The second-order valence-corrected chi connectivity index (χ2v) is 10.2. The average molecular weight is 440 g/mol. The molecule has 1 atom stereocenters. The molecule has 1 N–H and O–H groups in total. The maximum absolute atomic E-state index is 13.9. The van der Waals surface area contributed by atoms with Crippen molar-refractivity contribution >= 4 is 27.3 Å². The van der Waals surface area contributed by atoms with Gasteiger partial charge >= 0.3 is 0 Å². The summed E-state index contributed by atoms with van der Waals surface area (Å²) in [5.74, 6) is -1.06. The molecule has 0 bridgehead atoms. The van der Waals surface area contributed by atoms with Crippen LogP contribution in [0, 0.1) is 11.7 Å². The van der Waals surface area contributed by atoms with Crippen molar-refractivity contribution in [1.29, 1.82) is 0 Å². The lowest BCUT2D eigenvalue weighted by atomic mass is 9.97. The molecule has 0 spiro atoms. The summed E-state index contributed by atoms with van der Waals surface area (Å²) in [7, 11) is 0.0625. The fraction of sp³-hybridized carbons (Fsp3) is 0.450. The van der Waals surface area contributed by atoms with Gasteiger partial charge in [0.15, 0.2) is 0 Å². The molecule has 1 amide bonds. The van der Waals surface area contributed by atoms with Gasteiger partial charge in [-0.1, -0.05) is 18.2 Å². The Morgan fingerprint density at radius 3 is 2.52 bits per heavy atom. The zero-order valence-corrected chi connectivity index (χ0v) is 18.2. The Morgan fingerprint density at radius 1 is 1.24 bits per heavy atom. The predicted molar refractivity (Wildman–Crippen MR) is 112 cm³/mol. The summed E-state index contributed by atoms with van der Waals surface area (Å²) in [6, 6.07) is 9.52. The van der Waals surface area contributed by atoms with Crippen LogP contribution in [-0.2, 0) is 14.8 Å². The molecule has 0 radical (unpaired) electrons. The third kappa shape index (κ3) is 5.03. The van der Waals surface area contributed by atoms with E-state index in [0.29, 0.717) is 19.4 Å². The fourth-order valence-corrected chi connectivity index (χ4v) is 5.97. The Labute approximate surface area is 175 Å². The van der Waals surface area contributed by atoms with Crippen molar-refractivity contribution in [3.05, 3.63) is 52.5 Å². The van der Waals surface area contributed by atoms with Crippen molar-refractivity contribution in [2.24, 2.45) is 5.92 Å². The molecule has 3 rings (SSSR count). The Morgan fingerprint density at radius 2 is 1.93 bits per heavy atom. The lowest BCUT2D eigenvalue weighted by molar-refractivity contribution is -0.126. The van der Waals surface area contributed by atoms with E-state index in [2.05, 4.69) is 10.2 Å². The number of benzene rings is 1. The van der Waals surface area contributed by atoms with Gasteiger partial charge in [0.05, 0.1) is 6.04 Å². The number of carbonyl (C=O) groups is 1. The summed E-state index contributed by atoms with van der Waals surface area (Å²) in [6.07, 6.45) is 0.844. The van der Waals surface area contributed by atoms with Crippen LogP contribution < -0.4 is 5.32 Å². The van der Waals surface area contributed by atoms with Crippen molar-refractivity contribution in [2.75, 3.05) is 33.7 Å². The molecule has 158 valence electrons. The number of hydrogen-bond acceptors (Lipinski definition) is 5. The van der Waals surface area contributed by atoms with Crippen LogP contribution in [0.15, 0.2) is 46.7 Å². The van der Waals surface area contributed by atoms with Crippen LogP contribution >= 0.6 is 11.3 Å². The van der Waals surface area contributed by atoms with E-state index in [1.54, 1.807) is 11.3 Å². The van der Waals surface area contributed by atoms with Crippen molar-refractivity contribution in [3.63, 3.8) is 0 Å². The molecule has 29 heavy (non-hydrogen) atoms. The number of thiophene rings is 1. The highest BCUT2D eigenvalue weighted by molar-refractivity contribution is 7.89. The first kappa shape index (κ1) is 21.9. The topological polar surface area (TPSA) is 69.7 Å². The maximum atomic E-state index is 13.9. The van der Waals surface area contributed by atoms with Crippen molar-refractivity contribution in [1.82, 2.24) is 14.5 Å². The number of halogens is 1. The number of rotatable bonds is 7. The van der Waals surface area contributed by atoms with Crippen molar-refractivity contribution in [2.45, 2.75) is 23.8 Å². The van der Waals surface area contributed by atoms with Gasteiger partial charge in [0.2, 0.25) is 15.9 Å². The first-order valence-electron chi connectivity index (χ1n) is 9.53. The summed E-state index contributed by atoms with van der Waals surface area (Å²) in [5, 5.41) is 5.03. The number of amides is 1. The highest BCUT2D eigenvalue weighted by Gasteiger charge is 2.33. The molecule has 1 aliphatic heterocycles. The molecule has 9 heteroatoms. The average Bonchev–Trinajstić information content (AvgIpc) is 3.22. The van der Waals surface area contributed by atoms with Gasteiger partial charge in [0.1, 0.15) is 10.7 Å². The van der Waals surface area contributed by atoms with E-state index in [0.717, 1.165) is 6.07 Å².